The van der Waals surface area contributed by atoms with Crippen LogP contribution in [0.3, 0.4) is 0 Å². The highest BCUT2D eigenvalue weighted by Crippen LogP contribution is 2.19. The van der Waals surface area contributed by atoms with Gasteiger partial charge in [0.2, 0.25) is 10.0 Å². The first-order chi connectivity index (χ1) is 9.81. The molecule has 0 aliphatic carbocycles. The molecule has 4 nitrogen and oxygen atoms in total. The van der Waals surface area contributed by atoms with E-state index in [1.54, 1.807) is 6.08 Å². The molecule has 0 radical (unpaired) electrons. The van der Waals surface area contributed by atoms with Gasteiger partial charge < -0.3 is 5.11 Å². The van der Waals surface area contributed by atoms with Crippen molar-refractivity contribution in [3.8, 4) is 0 Å². The Morgan fingerprint density at radius 2 is 1.95 bits per heavy atom. The van der Waals surface area contributed by atoms with E-state index in [4.69, 9.17) is 11.6 Å². The van der Waals surface area contributed by atoms with Crippen molar-refractivity contribution < 1.29 is 13.5 Å². The van der Waals surface area contributed by atoms with Crippen LogP contribution in [-0.2, 0) is 10.0 Å². The first-order valence-corrected chi connectivity index (χ1v) is 8.74. The van der Waals surface area contributed by atoms with Crippen LogP contribution in [0.1, 0.15) is 26.7 Å². The molecule has 0 aliphatic heterocycles. The van der Waals surface area contributed by atoms with E-state index in [0.29, 0.717) is 11.4 Å². The minimum atomic E-state index is -3.70. The summed E-state index contributed by atoms with van der Waals surface area (Å²) in [5, 5.41) is 10.6. The van der Waals surface area contributed by atoms with E-state index < -0.39 is 22.2 Å². The Hall–Kier alpha value is -0.880. The van der Waals surface area contributed by atoms with Gasteiger partial charge in [0.1, 0.15) is 0 Å². The molecule has 6 heteroatoms. The summed E-state index contributed by atoms with van der Waals surface area (Å²) in [5.41, 5.74) is 0. The average Bonchev–Trinajstić information content (AvgIpc) is 2.44. The zero-order valence-corrected chi connectivity index (χ0v) is 13.9. The lowest BCUT2D eigenvalue weighted by Gasteiger charge is -2.28. The Morgan fingerprint density at radius 3 is 2.43 bits per heavy atom. The van der Waals surface area contributed by atoms with Gasteiger partial charge in [-0.3, -0.25) is 0 Å². The van der Waals surface area contributed by atoms with E-state index >= 15 is 0 Å². The zero-order valence-electron chi connectivity index (χ0n) is 12.3. The summed E-state index contributed by atoms with van der Waals surface area (Å²) in [5.74, 6) is 0.00188. The van der Waals surface area contributed by atoms with Crippen LogP contribution < -0.4 is 4.72 Å². The fourth-order valence-electron chi connectivity index (χ4n) is 2.01. The van der Waals surface area contributed by atoms with Crippen molar-refractivity contribution >= 4 is 21.6 Å². The number of sulfonamides is 1. The van der Waals surface area contributed by atoms with Crippen LogP contribution in [0.5, 0.6) is 0 Å². The summed E-state index contributed by atoms with van der Waals surface area (Å²) in [6.07, 6.45) is 1.86. The second-order valence-corrected chi connectivity index (χ2v) is 7.23. The Morgan fingerprint density at radius 1 is 1.38 bits per heavy atom. The summed E-state index contributed by atoms with van der Waals surface area (Å²) in [7, 11) is -3.70. The fraction of sp³-hybridized carbons (Fsp3) is 0.467. The van der Waals surface area contributed by atoms with Gasteiger partial charge in [-0.15, -0.1) is 6.58 Å². The zero-order chi connectivity index (χ0) is 16.0. The molecular weight excluding hydrogens is 310 g/mol. The van der Waals surface area contributed by atoms with Crippen LogP contribution in [0.2, 0.25) is 5.02 Å². The molecule has 0 amide bonds. The van der Waals surface area contributed by atoms with E-state index in [1.165, 1.54) is 24.3 Å². The molecule has 0 fully saturated rings. The molecule has 0 aliphatic rings. The topological polar surface area (TPSA) is 66.4 Å². The fourth-order valence-corrected chi connectivity index (χ4v) is 3.51. The molecule has 1 rings (SSSR count). The Balaban J connectivity index is 3.00. The molecule has 2 N–H and O–H groups in total. The van der Waals surface area contributed by atoms with Crippen LogP contribution in [0.4, 0.5) is 0 Å². The summed E-state index contributed by atoms with van der Waals surface area (Å²) in [4.78, 5) is 0.131. The van der Waals surface area contributed by atoms with E-state index in [-0.39, 0.29) is 10.8 Å². The van der Waals surface area contributed by atoms with Crippen LogP contribution >= 0.6 is 11.6 Å². The van der Waals surface area contributed by atoms with E-state index in [2.05, 4.69) is 11.3 Å². The summed E-state index contributed by atoms with van der Waals surface area (Å²) >= 11 is 5.77. The number of halogens is 1. The van der Waals surface area contributed by atoms with E-state index in [9.17, 15) is 13.5 Å². The predicted octanol–water partition coefficient (Wildman–Crippen LogP) is 2.97. The van der Waals surface area contributed by atoms with Crippen molar-refractivity contribution in [1.82, 2.24) is 4.72 Å². The van der Waals surface area contributed by atoms with E-state index in [0.717, 1.165) is 6.42 Å². The molecule has 0 bridgehead atoms. The van der Waals surface area contributed by atoms with Crippen LogP contribution in [0.15, 0.2) is 41.8 Å². The molecule has 0 aromatic heterocycles. The highest BCUT2D eigenvalue weighted by atomic mass is 35.5. The number of nitrogens with one attached hydrogen (secondary N) is 1. The number of aliphatic hydroxyl groups excluding tert-OH is 1. The molecule has 21 heavy (non-hydrogen) atoms. The Labute approximate surface area is 131 Å². The standard InChI is InChI=1S/C15H22ClNO3S/c1-4-6-14(18)15(11(3)5-2)17-21(19,20)13-9-7-12(16)8-10-13/h4,7-11,14-15,17-18H,1,5-6H2,2-3H3/t11-,14?,15-/m0/s1. The smallest absolute Gasteiger partial charge is 0.240 e. The third-order valence-electron chi connectivity index (χ3n) is 3.49. The van der Waals surface area contributed by atoms with Gasteiger partial charge in [0.05, 0.1) is 17.0 Å². The lowest BCUT2D eigenvalue weighted by molar-refractivity contribution is 0.114. The van der Waals surface area contributed by atoms with Crippen molar-refractivity contribution in [2.75, 3.05) is 0 Å². The third-order valence-corrected chi connectivity index (χ3v) is 5.22. The summed E-state index contributed by atoms with van der Waals surface area (Å²) in [6.45, 7) is 7.44. The van der Waals surface area contributed by atoms with Crippen molar-refractivity contribution in [2.24, 2.45) is 5.92 Å². The van der Waals surface area contributed by atoms with Gasteiger partial charge >= 0.3 is 0 Å². The normalized spacial score (nSPS) is 16.2. The number of hydrogen-bond donors (Lipinski definition) is 2. The maximum Gasteiger partial charge on any atom is 0.240 e. The SMILES string of the molecule is C=CCC(O)[C@@H](NS(=O)(=O)c1ccc(Cl)cc1)[C@@H](C)CC. The Kier molecular flexibility index (Phi) is 6.87. The van der Waals surface area contributed by atoms with Crippen molar-refractivity contribution in [1.29, 1.82) is 0 Å². The number of aliphatic hydroxyl groups is 1. The monoisotopic (exact) mass is 331 g/mol. The van der Waals surface area contributed by atoms with E-state index in [1.807, 2.05) is 13.8 Å². The molecule has 0 heterocycles. The minimum Gasteiger partial charge on any atom is -0.391 e. The maximum absolute atomic E-state index is 12.4. The van der Waals surface area contributed by atoms with Crippen molar-refractivity contribution in [3.63, 3.8) is 0 Å². The molecule has 1 aromatic rings. The summed E-state index contributed by atoms with van der Waals surface area (Å²) in [6, 6.07) is 5.37. The molecule has 0 saturated carbocycles. The van der Waals surface area contributed by atoms with Gasteiger partial charge in [0.15, 0.2) is 0 Å². The second kappa shape index (κ2) is 7.94. The van der Waals surface area contributed by atoms with Gasteiger partial charge in [-0.2, -0.15) is 0 Å². The molecule has 118 valence electrons. The molecule has 1 unspecified atom stereocenters. The van der Waals surface area contributed by atoms with Crippen molar-refractivity contribution in [3.05, 3.63) is 41.9 Å². The average molecular weight is 332 g/mol. The van der Waals surface area contributed by atoms with Crippen LogP contribution in [0, 0.1) is 5.92 Å². The molecule has 1 aromatic carbocycles. The van der Waals surface area contributed by atoms with Crippen LogP contribution in [-0.4, -0.2) is 25.7 Å². The third kappa shape index (κ3) is 5.11. The largest absolute Gasteiger partial charge is 0.391 e. The quantitative estimate of drug-likeness (QED) is 0.720. The summed E-state index contributed by atoms with van der Waals surface area (Å²) < 4.78 is 27.4. The highest BCUT2D eigenvalue weighted by Gasteiger charge is 2.28. The van der Waals surface area contributed by atoms with Gasteiger partial charge in [0.25, 0.3) is 0 Å². The minimum absolute atomic E-state index is 0.00188. The van der Waals surface area contributed by atoms with Gasteiger partial charge in [-0.1, -0.05) is 37.9 Å². The predicted molar refractivity (Wildman–Crippen MR) is 85.8 cm³/mol. The van der Waals surface area contributed by atoms with Crippen LogP contribution in [0.25, 0.3) is 0 Å². The molecule has 3 atom stereocenters. The lowest BCUT2D eigenvalue weighted by Crippen LogP contribution is -2.47. The molecule has 0 saturated heterocycles. The lowest BCUT2D eigenvalue weighted by atomic mass is 9.94. The second-order valence-electron chi connectivity index (χ2n) is 5.08. The van der Waals surface area contributed by atoms with Gasteiger partial charge in [0, 0.05) is 5.02 Å². The van der Waals surface area contributed by atoms with Gasteiger partial charge in [-0.25, -0.2) is 13.1 Å². The number of hydrogen-bond acceptors (Lipinski definition) is 3. The number of rotatable bonds is 8. The first kappa shape index (κ1) is 18.2. The molecule has 0 spiro atoms. The van der Waals surface area contributed by atoms with Gasteiger partial charge in [-0.05, 0) is 36.6 Å². The Bertz CT molecular complexity index is 557. The molecular formula is C15H22ClNO3S. The number of benzene rings is 1. The maximum atomic E-state index is 12.4. The highest BCUT2D eigenvalue weighted by molar-refractivity contribution is 7.89. The van der Waals surface area contributed by atoms with Crippen molar-refractivity contribution in [2.45, 2.75) is 43.7 Å². The first-order valence-electron chi connectivity index (χ1n) is 6.88.